The van der Waals surface area contributed by atoms with Gasteiger partial charge in [-0.3, -0.25) is 4.79 Å². The van der Waals surface area contributed by atoms with Crippen molar-refractivity contribution in [3.8, 4) is 17.1 Å². The Morgan fingerprint density at radius 3 is 2.86 bits per heavy atom. The molecule has 1 fully saturated rings. The largest absolute Gasteiger partial charge is 0.495 e. The van der Waals surface area contributed by atoms with Gasteiger partial charge in [-0.05, 0) is 58.7 Å². The maximum atomic E-state index is 13.4. The third-order valence-electron chi connectivity index (χ3n) is 4.72. The normalized spacial score (nSPS) is 16.6. The average molecular weight is 446 g/mol. The number of benzene rings is 2. The van der Waals surface area contributed by atoms with E-state index in [2.05, 4.69) is 26.1 Å². The lowest BCUT2D eigenvalue weighted by Gasteiger charge is -2.19. The third-order valence-corrected chi connectivity index (χ3v) is 5.33. The van der Waals surface area contributed by atoms with Crippen molar-refractivity contribution in [2.45, 2.75) is 19.3 Å². The summed E-state index contributed by atoms with van der Waals surface area (Å²) in [6.07, 6.45) is 0.270. The topological polar surface area (TPSA) is 68.5 Å². The van der Waals surface area contributed by atoms with Gasteiger partial charge in [-0.15, -0.1) is 0 Å². The molecule has 2 aromatic carbocycles. The average Bonchev–Trinajstić information content (AvgIpc) is 3.31. The van der Waals surface area contributed by atoms with Gasteiger partial charge in [-0.25, -0.2) is 4.39 Å². The van der Waals surface area contributed by atoms with Crippen LogP contribution in [0.2, 0.25) is 0 Å². The van der Waals surface area contributed by atoms with Crippen LogP contribution in [0.5, 0.6) is 5.75 Å². The van der Waals surface area contributed by atoms with Gasteiger partial charge in [-0.2, -0.15) is 4.98 Å². The zero-order valence-corrected chi connectivity index (χ0v) is 16.9. The molecule has 4 rings (SSSR count). The first-order valence-corrected chi connectivity index (χ1v) is 9.49. The van der Waals surface area contributed by atoms with E-state index in [1.807, 2.05) is 25.1 Å². The number of amides is 1. The van der Waals surface area contributed by atoms with Crippen LogP contribution >= 0.6 is 15.9 Å². The molecule has 3 aromatic rings. The number of carbonyl (C=O) groups excluding carboxylic acids is 1. The van der Waals surface area contributed by atoms with Crippen molar-refractivity contribution in [1.82, 2.24) is 10.1 Å². The molecule has 1 saturated heterocycles. The van der Waals surface area contributed by atoms with E-state index in [-0.39, 0.29) is 24.1 Å². The smallest absolute Gasteiger partial charge is 0.232 e. The van der Waals surface area contributed by atoms with Crippen LogP contribution in [-0.4, -0.2) is 29.7 Å². The number of anilines is 1. The number of methoxy groups -OCH3 is 1. The van der Waals surface area contributed by atoms with Gasteiger partial charge in [0.2, 0.25) is 17.6 Å². The predicted molar refractivity (Wildman–Crippen MR) is 105 cm³/mol. The van der Waals surface area contributed by atoms with Gasteiger partial charge in [-0.1, -0.05) is 11.2 Å². The monoisotopic (exact) mass is 445 g/mol. The minimum Gasteiger partial charge on any atom is -0.495 e. The summed E-state index contributed by atoms with van der Waals surface area (Å²) in [6.45, 7) is 2.39. The molecular weight excluding hydrogens is 429 g/mol. The first kappa shape index (κ1) is 18.6. The molecule has 144 valence electrons. The number of ether oxygens (including phenoxy) is 1. The molecule has 0 radical (unpaired) electrons. The summed E-state index contributed by atoms with van der Waals surface area (Å²) in [5.74, 6) is 0.771. The molecule has 8 heteroatoms. The lowest BCUT2D eigenvalue weighted by molar-refractivity contribution is -0.117. The number of hydrogen-bond acceptors (Lipinski definition) is 5. The van der Waals surface area contributed by atoms with Crippen LogP contribution in [0.3, 0.4) is 0 Å². The highest BCUT2D eigenvalue weighted by Gasteiger charge is 2.36. The lowest BCUT2D eigenvalue weighted by atomic mass is 10.1. The fraction of sp³-hybridized carbons (Fsp3) is 0.250. The van der Waals surface area contributed by atoms with Crippen LogP contribution in [0, 0.1) is 12.7 Å². The Hall–Kier alpha value is -2.74. The fourth-order valence-electron chi connectivity index (χ4n) is 3.27. The Labute approximate surface area is 169 Å². The van der Waals surface area contributed by atoms with Gasteiger partial charge >= 0.3 is 0 Å². The molecule has 0 saturated carbocycles. The standard InChI is InChI=1S/C20H17BrFN3O3/c1-11-3-6-17(27-2)16(7-11)25-10-13(9-18(25)26)20-23-19(24-28-20)12-4-5-15(22)14(21)8-12/h3-8,13H,9-10H2,1-2H3. The van der Waals surface area contributed by atoms with E-state index >= 15 is 0 Å². The summed E-state index contributed by atoms with van der Waals surface area (Å²) in [5, 5.41) is 3.99. The second-order valence-electron chi connectivity index (χ2n) is 6.67. The van der Waals surface area contributed by atoms with Crippen molar-refractivity contribution >= 4 is 27.5 Å². The molecule has 1 aliphatic rings. The van der Waals surface area contributed by atoms with E-state index < -0.39 is 0 Å². The van der Waals surface area contributed by atoms with E-state index in [4.69, 9.17) is 9.26 Å². The van der Waals surface area contributed by atoms with E-state index in [0.717, 1.165) is 11.3 Å². The SMILES string of the molecule is COc1ccc(C)cc1N1CC(c2nc(-c3ccc(F)c(Br)c3)no2)CC1=O. The molecule has 0 bridgehead atoms. The molecule has 1 atom stereocenters. The number of aromatic nitrogens is 2. The Kier molecular flexibility index (Phi) is 4.89. The number of aryl methyl sites for hydroxylation is 1. The molecular formula is C20H17BrFN3O3. The molecule has 1 unspecified atom stereocenters. The number of hydrogen-bond donors (Lipinski definition) is 0. The van der Waals surface area contributed by atoms with Crippen molar-refractivity contribution in [2.24, 2.45) is 0 Å². The van der Waals surface area contributed by atoms with Crippen LogP contribution in [0.4, 0.5) is 10.1 Å². The van der Waals surface area contributed by atoms with Gasteiger partial charge in [0.25, 0.3) is 0 Å². The second kappa shape index (κ2) is 7.35. The predicted octanol–water partition coefficient (Wildman–Crippen LogP) is 4.48. The first-order chi connectivity index (χ1) is 13.5. The molecule has 1 aliphatic heterocycles. The molecule has 28 heavy (non-hydrogen) atoms. The van der Waals surface area contributed by atoms with Gasteiger partial charge in [0.1, 0.15) is 11.6 Å². The van der Waals surface area contributed by atoms with Crippen LogP contribution in [0.15, 0.2) is 45.4 Å². The van der Waals surface area contributed by atoms with Crippen molar-refractivity contribution in [2.75, 3.05) is 18.6 Å². The fourth-order valence-corrected chi connectivity index (χ4v) is 3.65. The van der Waals surface area contributed by atoms with E-state index in [9.17, 15) is 9.18 Å². The molecule has 2 heterocycles. The summed E-state index contributed by atoms with van der Waals surface area (Å²) in [6, 6.07) is 10.2. The summed E-state index contributed by atoms with van der Waals surface area (Å²) in [5.41, 5.74) is 2.40. The summed E-state index contributed by atoms with van der Waals surface area (Å²) >= 11 is 3.15. The van der Waals surface area contributed by atoms with Crippen molar-refractivity contribution in [1.29, 1.82) is 0 Å². The summed E-state index contributed by atoms with van der Waals surface area (Å²) in [7, 11) is 1.58. The minimum absolute atomic E-state index is 0.0295. The molecule has 0 N–H and O–H groups in total. The van der Waals surface area contributed by atoms with E-state index in [0.29, 0.717) is 34.0 Å². The number of halogens is 2. The molecule has 0 spiro atoms. The Balaban J connectivity index is 1.59. The van der Waals surface area contributed by atoms with Gasteiger partial charge < -0.3 is 14.2 Å². The Bertz CT molecular complexity index is 1050. The Morgan fingerprint density at radius 2 is 2.11 bits per heavy atom. The van der Waals surface area contributed by atoms with Crippen LogP contribution in [-0.2, 0) is 4.79 Å². The van der Waals surface area contributed by atoms with E-state index in [1.165, 1.54) is 6.07 Å². The highest BCUT2D eigenvalue weighted by atomic mass is 79.9. The van der Waals surface area contributed by atoms with Crippen molar-refractivity contribution in [3.05, 3.63) is 58.1 Å². The minimum atomic E-state index is -0.364. The van der Waals surface area contributed by atoms with Gasteiger partial charge in [0.15, 0.2) is 0 Å². The quantitative estimate of drug-likeness (QED) is 0.592. The van der Waals surface area contributed by atoms with Crippen LogP contribution in [0.25, 0.3) is 11.4 Å². The zero-order valence-electron chi connectivity index (χ0n) is 15.3. The van der Waals surface area contributed by atoms with E-state index in [1.54, 1.807) is 24.1 Å². The highest BCUT2D eigenvalue weighted by Crippen LogP contribution is 2.37. The highest BCUT2D eigenvalue weighted by molar-refractivity contribution is 9.10. The summed E-state index contributed by atoms with van der Waals surface area (Å²) < 4.78 is 24.6. The van der Waals surface area contributed by atoms with Crippen molar-refractivity contribution < 1.29 is 18.4 Å². The summed E-state index contributed by atoms with van der Waals surface area (Å²) in [4.78, 5) is 18.7. The zero-order chi connectivity index (χ0) is 19.8. The lowest BCUT2D eigenvalue weighted by Crippen LogP contribution is -2.25. The van der Waals surface area contributed by atoms with Crippen molar-refractivity contribution in [3.63, 3.8) is 0 Å². The first-order valence-electron chi connectivity index (χ1n) is 8.70. The molecule has 6 nitrogen and oxygen atoms in total. The maximum Gasteiger partial charge on any atom is 0.232 e. The second-order valence-corrected chi connectivity index (χ2v) is 7.52. The van der Waals surface area contributed by atoms with Gasteiger partial charge in [0.05, 0.1) is 23.2 Å². The number of rotatable bonds is 4. The molecule has 0 aliphatic carbocycles. The van der Waals surface area contributed by atoms with Crippen LogP contribution < -0.4 is 9.64 Å². The number of nitrogens with zero attached hydrogens (tertiary/aromatic N) is 3. The maximum absolute atomic E-state index is 13.4. The number of carbonyl (C=O) groups is 1. The van der Waals surface area contributed by atoms with Crippen LogP contribution in [0.1, 0.15) is 23.8 Å². The Morgan fingerprint density at radius 1 is 1.29 bits per heavy atom. The van der Waals surface area contributed by atoms with Gasteiger partial charge in [0, 0.05) is 18.5 Å². The molecule has 1 aromatic heterocycles. The third kappa shape index (κ3) is 3.40. The molecule has 1 amide bonds.